The number of carbonyl (C=O) groups excluding carboxylic acids is 1. The largest absolute Gasteiger partial charge is 0.394 e. The quantitative estimate of drug-likeness (QED) is 0.137. The highest BCUT2D eigenvalue weighted by atomic mass is 16.7. The normalized spacial score (nSPS) is 48.2. The van der Waals surface area contributed by atoms with E-state index in [4.69, 9.17) is 23.7 Å². The first-order valence-corrected chi connectivity index (χ1v) is 12.7. The summed E-state index contributed by atoms with van der Waals surface area (Å²) in [5, 5.41) is 84.2. The molecule has 0 aromatic rings. The first-order chi connectivity index (χ1) is 17.8. The van der Waals surface area contributed by atoms with E-state index in [0.29, 0.717) is 0 Å². The van der Waals surface area contributed by atoms with Gasteiger partial charge in [0, 0.05) is 6.92 Å². The van der Waals surface area contributed by atoms with Crippen LogP contribution >= 0.6 is 0 Å². The topological polar surface area (TPSA) is 237 Å². The molecule has 3 aliphatic heterocycles. The lowest BCUT2D eigenvalue weighted by Gasteiger charge is -2.51. The molecule has 0 aromatic heterocycles. The summed E-state index contributed by atoms with van der Waals surface area (Å²) in [6.07, 6.45) is -19.8. The predicted molar refractivity (Wildman–Crippen MR) is 124 cm³/mol. The van der Waals surface area contributed by atoms with Gasteiger partial charge in [-0.1, -0.05) is 13.8 Å². The number of nitrogens with one attached hydrogen (secondary N) is 1. The first-order valence-electron chi connectivity index (χ1n) is 12.7. The van der Waals surface area contributed by atoms with Gasteiger partial charge in [0.15, 0.2) is 12.6 Å². The summed E-state index contributed by atoms with van der Waals surface area (Å²) in [5.41, 5.74) is 0. The van der Waals surface area contributed by atoms with Crippen LogP contribution in [0.25, 0.3) is 0 Å². The molecule has 3 saturated heterocycles. The van der Waals surface area contributed by atoms with E-state index in [9.17, 15) is 45.6 Å². The summed E-state index contributed by atoms with van der Waals surface area (Å²) in [6, 6.07) is -0.972. The minimum absolute atomic E-state index is 0.233. The molecule has 9 N–H and O–H groups in total. The molecule has 3 aliphatic rings. The van der Waals surface area contributed by atoms with E-state index in [0.717, 1.165) is 0 Å². The highest BCUT2D eigenvalue weighted by Crippen LogP contribution is 2.35. The fraction of sp³-hybridized carbons (Fsp3) is 0.957. The van der Waals surface area contributed by atoms with Crippen molar-refractivity contribution in [2.75, 3.05) is 13.2 Å². The standard InChI is InChI=1S/C23H41NO14/c1-7(2)19-12(24-9(4)27)21(38-22-17(32)15(30)13(28)8(3)34-22)20(11(6-26)35-19)37-23-18(33)16(31)14(29)10(5-25)36-23/h7-8,10-23,25-26,28-33H,5-6H2,1-4H3,(H,24,27)/t8?,10?,11?,12?,13-,14+,15+,16+,17?,18?,19+,20-,21-,22+,23+/m1/s1. The fourth-order valence-corrected chi connectivity index (χ4v) is 5.03. The molecular formula is C23H41NO14. The van der Waals surface area contributed by atoms with Gasteiger partial charge < -0.3 is 69.9 Å². The van der Waals surface area contributed by atoms with Gasteiger partial charge in [-0.15, -0.1) is 0 Å². The second kappa shape index (κ2) is 13.1. The van der Waals surface area contributed by atoms with Crippen LogP contribution in [-0.4, -0.2) is 152 Å². The van der Waals surface area contributed by atoms with Gasteiger partial charge in [-0.2, -0.15) is 0 Å². The summed E-state index contributed by atoms with van der Waals surface area (Å²) >= 11 is 0. The molecule has 3 rings (SSSR count). The first kappa shape index (κ1) is 31.5. The fourth-order valence-electron chi connectivity index (χ4n) is 5.03. The van der Waals surface area contributed by atoms with Crippen LogP contribution in [0.4, 0.5) is 0 Å². The highest BCUT2D eigenvalue weighted by molar-refractivity contribution is 5.73. The van der Waals surface area contributed by atoms with Crippen LogP contribution in [0.5, 0.6) is 0 Å². The molecule has 0 bridgehead atoms. The Morgan fingerprint density at radius 2 is 1.29 bits per heavy atom. The SMILES string of the molecule is CC(=O)NC1[C@H](C(C)C)OC(CO)[C@@H](O[C@@H]2OC(CO)[C@H](O)[C@H](O)C2O)[C@@H]1O[C@@H]1OC(C)[C@@H](O)[C@H](O)C1O. The maximum Gasteiger partial charge on any atom is 0.217 e. The lowest BCUT2D eigenvalue weighted by atomic mass is 9.86. The van der Waals surface area contributed by atoms with Crippen LogP contribution in [0, 0.1) is 5.92 Å². The number of amides is 1. The van der Waals surface area contributed by atoms with Crippen molar-refractivity contribution < 1.29 is 69.3 Å². The van der Waals surface area contributed by atoms with E-state index < -0.39 is 111 Å². The molecule has 15 heteroatoms. The van der Waals surface area contributed by atoms with Crippen LogP contribution in [0.1, 0.15) is 27.7 Å². The summed E-state index contributed by atoms with van der Waals surface area (Å²) in [6.45, 7) is 4.99. The van der Waals surface area contributed by atoms with Crippen molar-refractivity contribution in [3.8, 4) is 0 Å². The van der Waals surface area contributed by atoms with E-state index in [1.807, 2.05) is 0 Å². The molecule has 3 fully saturated rings. The van der Waals surface area contributed by atoms with Crippen molar-refractivity contribution >= 4 is 5.91 Å². The molecule has 0 aromatic carbocycles. The monoisotopic (exact) mass is 555 g/mol. The molecule has 0 radical (unpaired) electrons. The summed E-state index contributed by atoms with van der Waals surface area (Å²) in [7, 11) is 0. The number of aliphatic hydroxyl groups is 8. The van der Waals surface area contributed by atoms with Gasteiger partial charge in [-0.25, -0.2) is 0 Å². The Bertz CT molecular complexity index is 772. The van der Waals surface area contributed by atoms with Gasteiger partial charge in [0.1, 0.15) is 61.0 Å². The van der Waals surface area contributed by atoms with Crippen LogP contribution in [-0.2, 0) is 28.5 Å². The molecule has 38 heavy (non-hydrogen) atoms. The van der Waals surface area contributed by atoms with Crippen molar-refractivity contribution in [2.45, 2.75) is 120 Å². The van der Waals surface area contributed by atoms with E-state index in [2.05, 4.69) is 5.32 Å². The van der Waals surface area contributed by atoms with Gasteiger partial charge >= 0.3 is 0 Å². The lowest BCUT2D eigenvalue weighted by molar-refractivity contribution is -0.362. The molecule has 0 spiro atoms. The van der Waals surface area contributed by atoms with Gasteiger partial charge in [0.25, 0.3) is 0 Å². The second-order valence-electron chi connectivity index (χ2n) is 10.4. The zero-order chi connectivity index (χ0) is 28.5. The third-order valence-electron chi connectivity index (χ3n) is 7.18. The Kier molecular flexibility index (Phi) is 10.8. The molecule has 1 amide bonds. The van der Waals surface area contributed by atoms with E-state index in [-0.39, 0.29) is 5.92 Å². The highest BCUT2D eigenvalue weighted by Gasteiger charge is 2.54. The zero-order valence-electron chi connectivity index (χ0n) is 21.7. The van der Waals surface area contributed by atoms with Crippen LogP contribution in [0.2, 0.25) is 0 Å². The summed E-state index contributed by atoms with van der Waals surface area (Å²) in [4.78, 5) is 12.2. The number of hydrogen-bond acceptors (Lipinski definition) is 14. The summed E-state index contributed by atoms with van der Waals surface area (Å²) in [5.74, 6) is -0.704. The zero-order valence-corrected chi connectivity index (χ0v) is 21.7. The van der Waals surface area contributed by atoms with Crippen molar-refractivity contribution in [3.63, 3.8) is 0 Å². The second-order valence-corrected chi connectivity index (χ2v) is 10.4. The number of hydrogen-bond donors (Lipinski definition) is 9. The summed E-state index contributed by atoms with van der Waals surface area (Å²) < 4.78 is 29.1. The minimum atomic E-state index is -1.79. The number of carbonyl (C=O) groups is 1. The Morgan fingerprint density at radius 3 is 1.82 bits per heavy atom. The number of rotatable bonds is 8. The van der Waals surface area contributed by atoms with Crippen molar-refractivity contribution in [3.05, 3.63) is 0 Å². The average molecular weight is 556 g/mol. The third-order valence-corrected chi connectivity index (χ3v) is 7.18. The molecule has 0 saturated carbocycles. The van der Waals surface area contributed by atoms with Crippen molar-refractivity contribution in [1.29, 1.82) is 0 Å². The van der Waals surface area contributed by atoms with Crippen LogP contribution < -0.4 is 5.32 Å². The molecule has 6 unspecified atom stereocenters. The molecule has 15 atom stereocenters. The Hall–Kier alpha value is -1.05. The Labute approximate surface area is 219 Å². The molecule has 222 valence electrons. The Balaban J connectivity index is 1.98. The number of ether oxygens (including phenoxy) is 5. The molecule has 15 nitrogen and oxygen atoms in total. The predicted octanol–water partition coefficient (Wildman–Crippen LogP) is -4.70. The molecular weight excluding hydrogens is 514 g/mol. The lowest BCUT2D eigenvalue weighted by Crippen LogP contribution is -2.70. The third kappa shape index (κ3) is 6.46. The number of aliphatic hydroxyl groups excluding tert-OH is 8. The maximum atomic E-state index is 12.2. The van der Waals surface area contributed by atoms with Crippen LogP contribution in [0.15, 0.2) is 0 Å². The van der Waals surface area contributed by atoms with Crippen molar-refractivity contribution in [1.82, 2.24) is 5.32 Å². The van der Waals surface area contributed by atoms with E-state index in [1.165, 1.54) is 13.8 Å². The van der Waals surface area contributed by atoms with Gasteiger partial charge in [-0.3, -0.25) is 4.79 Å². The molecule has 0 aliphatic carbocycles. The van der Waals surface area contributed by atoms with Gasteiger partial charge in [0.05, 0.1) is 31.5 Å². The smallest absolute Gasteiger partial charge is 0.217 e. The van der Waals surface area contributed by atoms with E-state index >= 15 is 0 Å². The maximum absolute atomic E-state index is 12.2. The molecule has 3 heterocycles. The van der Waals surface area contributed by atoms with Gasteiger partial charge in [-0.05, 0) is 12.8 Å². The average Bonchev–Trinajstić information content (AvgIpc) is 2.87. The van der Waals surface area contributed by atoms with Crippen LogP contribution in [0.3, 0.4) is 0 Å². The minimum Gasteiger partial charge on any atom is -0.394 e. The van der Waals surface area contributed by atoms with E-state index in [1.54, 1.807) is 13.8 Å². The van der Waals surface area contributed by atoms with Crippen molar-refractivity contribution in [2.24, 2.45) is 5.92 Å². The Morgan fingerprint density at radius 1 is 0.763 bits per heavy atom. The van der Waals surface area contributed by atoms with Gasteiger partial charge in [0.2, 0.25) is 5.91 Å².